The van der Waals surface area contributed by atoms with Crippen molar-refractivity contribution in [2.75, 3.05) is 16.4 Å². The first kappa shape index (κ1) is 33.7. The van der Waals surface area contributed by atoms with Crippen molar-refractivity contribution in [2.45, 2.75) is 62.7 Å². The van der Waals surface area contributed by atoms with Gasteiger partial charge in [-0.05, 0) is 78.5 Å². The summed E-state index contributed by atoms with van der Waals surface area (Å²) in [6.07, 6.45) is -0.285. The molecule has 10 heteroatoms. The molecule has 0 saturated carbocycles. The van der Waals surface area contributed by atoms with Crippen LogP contribution in [0, 0.1) is 5.92 Å². The monoisotopic (exact) mass is 723 g/mol. The van der Waals surface area contributed by atoms with E-state index in [9.17, 15) is 19.5 Å². The third-order valence-electron chi connectivity index (χ3n) is 12.0. The summed E-state index contributed by atoms with van der Waals surface area (Å²) in [7, 11) is -3.10. The van der Waals surface area contributed by atoms with Crippen LogP contribution in [0.1, 0.15) is 40.4 Å². The maximum Gasteiger partial charge on any atom is 0.268 e. The van der Waals surface area contributed by atoms with E-state index in [1.165, 1.54) is 0 Å². The molecule has 0 bridgehead atoms. The molecule has 5 aromatic carbocycles. The normalized spacial score (nSPS) is 24.7. The van der Waals surface area contributed by atoms with E-state index in [0.29, 0.717) is 41.2 Å². The summed E-state index contributed by atoms with van der Waals surface area (Å²) in [5, 5.41) is 12.2. The highest BCUT2D eigenvalue weighted by atomic mass is 28.4. The van der Waals surface area contributed by atoms with Crippen molar-refractivity contribution in [1.82, 2.24) is 4.90 Å². The van der Waals surface area contributed by atoms with Crippen LogP contribution in [-0.2, 0) is 32.9 Å². The van der Waals surface area contributed by atoms with Crippen LogP contribution in [0.4, 0.5) is 22.7 Å². The number of carbonyl (C=O) groups is 3. The van der Waals surface area contributed by atoms with E-state index in [2.05, 4.69) is 0 Å². The van der Waals surface area contributed by atoms with Gasteiger partial charge in [-0.15, -0.1) is 0 Å². The van der Waals surface area contributed by atoms with E-state index in [0.717, 1.165) is 27.6 Å². The highest BCUT2D eigenvalue weighted by molar-refractivity contribution is 6.71. The van der Waals surface area contributed by atoms with Crippen molar-refractivity contribution in [2.24, 2.45) is 5.92 Å². The second kappa shape index (κ2) is 12.2. The highest BCUT2D eigenvalue weighted by Crippen LogP contribution is 2.61. The van der Waals surface area contributed by atoms with E-state index >= 15 is 4.79 Å². The van der Waals surface area contributed by atoms with Gasteiger partial charge in [-0.3, -0.25) is 24.2 Å². The Morgan fingerprint density at radius 3 is 2.30 bits per heavy atom. The van der Waals surface area contributed by atoms with Gasteiger partial charge in [0.15, 0.2) is 13.9 Å². The number of aliphatic hydroxyl groups excluding tert-OH is 1. The van der Waals surface area contributed by atoms with Crippen molar-refractivity contribution in [3.63, 3.8) is 0 Å². The van der Waals surface area contributed by atoms with E-state index in [1.54, 1.807) is 14.7 Å². The van der Waals surface area contributed by atoms with Crippen LogP contribution in [0.15, 0.2) is 109 Å². The molecule has 0 aromatic heterocycles. The Kier molecular flexibility index (Phi) is 7.76. The molecule has 0 unspecified atom stereocenters. The Hall–Kier alpha value is -5.13. The van der Waals surface area contributed by atoms with Crippen molar-refractivity contribution >= 4 is 59.6 Å². The zero-order valence-corrected chi connectivity index (χ0v) is 30.9. The number of aliphatic hydroxyl groups is 1. The lowest BCUT2D eigenvalue weighted by molar-refractivity contribution is -0.150. The number of hydrogen-bond acceptors (Lipinski definition) is 6. The van der Waals surface area contributed by atoms with E-state index in [1.807, 2.05) is 129 Å². The summed E-state index contributed by atoms with van der Waals surface area (Å²) >= 11 is 0. The average Bonchev–Trinajstić information content (AvgIpc) is 3.72. The Morgan fingerprint density at radius 2 is 1.57 bits per heavy atom. The number of benzene rings is 5. The maximum absolute atomic E-state index is 15.2. The van der Waals surface area contributed by atoms with Crippen molar-refractivity contribution in [3.05, 3.63) is 131 Å². The molecule has 2 N–H and O–H groups in total. The summed E-state index contributed by atoms with van der Waals surface area (Å²) in [5.41, 5.74) is 4.02. The average molecular weight is 724 g/mol. The van der Waals surface area contributed by atoms with Gasteiger partial charge >= 0.3 is 0 Å². The van der Waals surface area contributed by atoms with Crippen molar-refractivity contribution in [1.29, 1.82) is 0 Å². The van der Waals surface area contributed by atoms with Gasteiger partial charge in [0, 0.05) is 40.3 Å². The Bertz CT molecular complexity index is 2320. The van der Waals surface area contributed by atoms with Gasteiger partial charge in [0.05, 0.1) is 42.1 Å². The number of carbonyl (C=O) groups excluding carboxylic acids is 3. The van der Waals surface area contributed by atoms with Crippen LogP contribution in [0.2, 0.25) is 18.6 Å². The highest BCUT2D eigenvalue weighted by Gasteiger charge is 2.67. The molecule has 3 amide bonds. The quantitative estimate of drug-likeness (QED) is 0.184. The fourth-order valence-electron chi connectivity index (χ4n) is 9.67. The number of para-hydroxylation sites is 1. The molecule has 1 fully saturated rings. The Labute approximate surface area is 309 Å². The molecule has 9 nitrogen and oxygen atoms in total. The summed E-state index contributed by atoms with van der Waals surface area (Å²) in [4.78, 5) is 60.6. The molecule has 9 rings (SSSR count). The lowest BCUT2D eigenvalue weighted by Crippen LogP contribution is -2.48. The molecular weight excluding hydrogens is 683 g/mol. The molecule has 1 saturated heterocycles. The Balaban J connectivity index is 1.15. The number of anilines is 4. The van der Waals surface area contributed by atoms with E-state index in [4.69, 9.17) is 4.74 Å². The number of ether oxygens (including phenoxy) is 1. The molecule has 0 aliphatic carbocycles. The third kappa shape index (κ3) is 4.96. The molecule has 1 spiro atoms. The molecule has 4 heterocycles. The molecule has 5 atom stereocenters. The molecule has 5 aromatic rings. The number of fused-ring (bicyclic) bond motifs is 3. The van der Waals surface area contributed by atoms with Crippen LogP contribution in [0.3, 0.4) is 0 Å². The van der Waals surface area contributed by atoms with Gasteiger partial charge in [-0.25, -0.2) is 0 Å². The summed E-state index contributed by atoms with van der Waals surface area (Å²) in [6.45, 7) is 5.82. The fraction of sp³-hybridized carbons (Fsp3) is 0.279. The topological polar surface area (TPSA) is 111 Å². The van der Waals surface area contributed by atoms with Crippen LogP contribution in [-0.4, -0.2) is 59.6 Å². The van der Waals surface area contributed by atoms with Gasteiger partial charge in [-0.2, -0.15) is 0 Å². The zero-order valence-electron chi connectivity index (χ0n) is 29.9. The van der Waals surface area contributed by atoms with Crippen LogP contribution >= 0.6 is 0 Å². The van der Waals surface area contributed by atoms with Crippen LogP contribution in [0.25, 0.3) is 10.8 Å². The second-order valence-electron chi connectivity index (χ2n) is 15.4. The molecule has 4 aliphatic rings. The summed E-state index contributed by atoms with van der Waals surface area (Å²) < 4.78 is 7.09. The standard InChI is InChI=1S/C43H41N3O6Si/c1-26-40(53(2,3)51)37(23-38(48)44-24-29-12-8-7-11-28(29)21-32(44)25-47)52-43(26)34-22-31(19-20-35(34)46(42(43)50)30-15-5-4-6-16-30)45-36-18-10-14-27-13-9-17-33(39(27)36)41(45)49/h4-20,22,26,32,37,40,47,51H,21,23-25H2,1-3H3/t26-,32-,37+,40-,43+/m0/s1. The molecular formula is C43H41N3O6Si. The minimum Gasteiger partial charge on any atom is -0.432 e. The fourth-order valence-corrected chi connectivity index (χ4v) is 12.2. The van der Waals surface area contributed by atoms with Crippen LogP contribution < -0.4 is 9.80 Å². The predicted molar refractivity (Wildman–Crippen MR) is 206 cm³/mol. The first-order chi connectivity index (χ1) is 25.5. The van der Waals surface area contributed by atoms with E-state index < -0.39 is 31.5 Å². The van der Waals surface area contributed by atoms with Gasteiger partial charge in [-0.1, -0.05) is 73.7 Å². The molecule has 268 valence electrons. The van der Waals surface area contributed by atoms with Gasteiger partial charge < -0.3 is 19.5 Å². The molecule has 53 heavy (non-hydrogen) atoms. The van der Waals surface area contributed by atoms with Gasteiger partial charge in [0.1, 0.15) is 0 Å². The number of amides is 3. The van der Waals surface area contributed by atoms with Crippen molar-refractivity contribution < 1.29 is 29.0 Å². The maximum atomic E-state index is 15.2. The predicted octanol–water partition coefficient (Wildman–Crippen LogP) is 6.94. The van der Waals surface area contributed by atoms with E-state index in [-0.39, 0.29) is 36.8 Å². The van der Waals surface area contributed by atoms with Crippen molar-refractivity contribution in [3.8, 4) is 0 Å². The summed E-state index contributed by atoms with van der Waals surface area (Å²) in [6, 6.07) is 34.2. The minimum atomic E-state index is -3.10. The zero-order chi connectivity index (χ0) is 36.8. The van der Waals surface area contributed by atoms with Crippen LogP contribution in [0.5, 0.6) is 0 Å². The molecule has 4 aliphatic heterocycles. The SMILES string of the molecule is C[C@H]1[C@H]([Si](C)(C)O)[C@@H](CC(=O)N2Cc3ccccc3C[C@H]2CO)O[C@]12C(=O)N(c1ccccc1)c1ccc(N3C(=O)c4cccc5cccc3c45)cc12. The lowest BCUT2D eigenvalue weighted by atomic mass is 9.82. The lowest BCUT2D eigenvalue weighted by Gasteiger charge is -2.37. The van der Waals surface area contributed by atoms with Gasteiger partial charge in [0.2, 0.25) is 5.91 Å². The first-order valence-corrected chi connectivity index (χ1v) is 21.3. The number of rotatable bonds is 6. The smallest absolute Gasteiger partial charge is 0.268 e. The largest absolute Gasteiger partial charge is 0.432 e. The first-order valence-electron chi connectivity index (χ1n) is 18.3. The van der Waals surface area contributed by atoms with Gasteiger partial charge in [0.25, 0.3) is 11.8 Å². The molecule has 0 radical (unpaired) electrons. The summed E-state index contributed by atoms with van der Waals surface area (Å²) in [5.74, 6) is -1.15. The Morgan fingerprint density at radius 1 is 0.849 bits per heavy atom. The minimum absolute atomic E-state index is 0.0536. The number of nitrogens with zero attached hydrogens (tertiary/aromatic N) is 3. The number of hydrogen-bond donors (Lipinski definition) is 2. The second-order valence-corrected chi connectivity index (χ2v) is 19.4. The third-order valence-corrected chi connectivity index (χ3v) is 14.5.